The van der Waals surface area contributed by atoms with Crippen LogP contribution in [0.15, 0.2) is 194 Å². The van der Waals surface area contributed by atoms with Gasteiger partial charge in [-0.3, -0.25) is 0 Å². The van der Waals surface area contributed by atoms with Gasteiger partial charge in [-0.05, 0) is 111 Å². The summed E-state index contributed by atoms with van der Waals surface area (Å²) in [4.78, 5) is 17.4. The van der Waals surface area contributed by atoms with Crippen LogP contribution in [-0.2, 0) is 40.2 Å². The molecular weight excluding hydrogens is 1250 g/mol. The van der Waals surface area contributed by atoms with Crippen molar-refractivity contribution in [1.29, 1.82) is 0 Å². The third kappa shape index (κ3) is 18.5. The van der Waals surface area contributed by atoms with E-state index in [1.165, 1.54) is 69.8 Å². The fourth-order valence-corrected chi connectivity index (χ4v) is 7.33. The third-order valence-corrected chi connectivity index (χ3v) is 10.4. The van der Waals surface area contributed by atoms with Gasteiger partial charge in [0, 0.05) is 65.0 Å². The van der Waals surface area contributed by atoms with E-state index in [4.69, 9.17) is 20.4 Å². The first-order valence-electron chi connectivity index (χ1n) is 22.9. The third-order valence-electron chi connectivity index (χ3n) is 10.4. The second-order valence-electron chi connectivity index (χ2n) is 16.4. The molecule has 8 nitrogen and oxygen atoms in total. The molecule has 0 aliphatic heterocycles. The summed E-state index contributed by atoms with van der Waals surface area (Å²) < 4.78 is 0. The van der Waals surface area contributed by atoms with Crippen LogP contribution in [0.25, 0.3) is 65.9 Å². The quantitative estimate of drug-likeness (QED) is 0.0778. The number of fused-ring (bicyclic) bond motifs is 6. The topological polar surface area (TPSA) is 132 Å². The zero-order valence-electron chi connectivity index (χ0n) is 41.7. The fraction of sp³-hybridized carbons (Fsp3) is 0.161. The van der Waals surface area contributed by atoms with E-state index in [0.717, 1.165) is 44.3 Å². The van der Waals surface area contributed by atoms with Crippen LogP contribution in [0.3, 0.4) is 0 Å². The smallest absolute Gasteiger partial charge is 0.0877 e. The molecule has 6 aromatic carbocycles. The van der Waals surface area contributed by atoms with Gasteiger partial charge in [0.05, 0.1) is 23.7 Å². The van der Waals surface area contributed by atoms with E-state index in [0.29, 0.717) is 0 Å². The first-order valence-corrected chi connectivity index (χ1v) is 22.9. The van der Waals surface area contributed by atoms with Gasteiger partial charge in [-0.1, -0.05) is 73.5 Å². The molecule has 0 aliphatic rings. The van der Waals surface area contributed by atoms with Gasteiger partial charge >= 0.3 is 0 Å². The molecule has 0 spiro atoms. The van der Waals surface area contributed by atoms with Crippen molar-refractivity contribution in [2.45, 2.75) is 67.6 Å². The van der Waals surface area contributed by atoms with E-state index in [1.54, 1.807) is 26.2 Å². The molecule has 0 saturated heterocycles. The summed E-state index contributed by atoms with van der Waals surface area (Å²) in [5.41, 5.74) is 11.2. The molecule has 10 heteroatoms. The Hall–Kier alpha value is -6.74. The molecule has 0 fully saturated rings. The Kier molecular flexibility index (Phi) is 25.5. The standard InChI is InChI=1S/2C14H10N.2C12H10N.2C5H10O2.2Ir/c2*1-10-9-11-5-2-3-6-13(11)14-12(10)7-4-8-15-14;2*1-10-6-2-3-7-11(10)12-8-4-5-9-13-12;2*1-4(6)3-5(2)7;;/h2*2-5,7-9H,1H3;2*2-6,8-9H,1H3;2*3-4,6-7H,1-2H3;;/q4*-1;;;;. The second-order valence-corrected chi connectivity index (χ2v) is 16.4. The molecule has 2 atom stereocenters. The predicted octanol–water partition coefficient (Wildman–Crippen LogP) is 14.4. The zero-order chi connectivity index (χ0) is 50.4. The molecule has 4 aromatic heterocycles. The van der Waals surface area contributed by atoms with Crippen LogP contribution < -0.4 is 0 Å². The van der Waals surface area contributed by atoms with Crippen molar-refractivity contribution < 1.29 is 60.6 Å². The van der Waals surface area contributed by atoms with Crippen molar-refractivity contribution in [3.63, 3.8) is 0 Å². The van der Waals surface area contributed by atoms with E-state index in [9.17, 15) is 0 Å². The Bertz CT molecular complexity index is 3050. The molecule has 2 unspecified atom stereocenters. The van der Waals surface area contributed by atoms with Crippen molar-refractivity contribution in [2.24, 2.45) is 0 Å². The number of nitrogens with zero attached hydrogens (tertiary/aromatic N) is 4. The van der Waals surface area contributed by atoms with Gasteiger partial charge in [0.2, 0.25) is 0 Å². The van der Waals surface area contributed by atoms with Crippen LogP contribution in [0.5, 0.6) is 0 Å². The number of benzene rings is 6. The van der Waals surface area contributed by atoms with Gasteiger partial charge in [0.1, 0.15) is 0 Å². The molecule has 10 rings (SSSR count). The van der Waals surface area contributed by atoms with Gasteiger partial charge in [0.25, 0.3) is 0 Å². The summed E-state index contributed by atoms with van der Waals surface area (Å²) >= 11 is 0. The monoisotopic (exact) mass is 1310 g/mol. The van der Waals surface area contributed by atoms with Gasteiger partial charge in [-0.2, -0.15) is 0 Å². The summed E-state index contributed by atoms with van der Waals surface area (Å²) in [5.74, 6) is 0.324. The second kappa shape index (κ2) is 30.9. The van der Waals surface area contributed by atoms with E-state index >= 15 is 0 Å². The maximum atomic E-state index is 8.49. The Balaban J connectivity index is 0.000000232. The summed E-state index contributed by atoms with van der Waals surface area (Å²) in [5, 5.41) is 40.9. The van der Waals surface area contributed by atoms with Gasteiger partial charge < -0.3 is 40.4 Å². The summed E-state index contributed by atoms with van der Waals surface area (Å²) in [6.07, 6.45) is 8.92. The Labute approximate surface area is 451 Å². The zero-order valence-corrected chi connectivity index (χ0v) is 46.5. The summed E-state index contributed by atoms with van der Waals surface area (Å²) in [6.45, 7) is 14.6. The first kappa shape index (κ1) is 59.6. The Morgan fingerprint density at radius 2 is 0.806 bits per heavy atom. The summed E-state index contributed by atoms with van der Waals surface area (Å²) in [6, 6.07) is 61.3. The normalized spacial score (nSPS) is 11.4. The number of rotatable bonds is 4. The van der Waals surface area contributed by atoms with Crippen LogP contribution in [0, 0.1) is 52.0 Å². The molecule has 72 heavy (non-hydrogen) atoms. The van der Waals surface area contributed by atoms with Crippen molar-refractivity contribution in [3.8, 4) is 22.5 Å². The minimum Gasteiger partial charge on any atom is -0.513 e. The molecule has 0 aliphatic carbocycles. The number of hydrogen-bond donors (Lipinski definition) is 4. The maximum absolute atomic E-state index is 8.49. The molecule has 374 valence electrons. The van der Waals surface area contributed by atoms with Crippen molar-refractivity contribution >= 4 is 43.4 Å². The number of pyridine rings is 4. The van der Waals surface area contributed by atoms with Gasteiger partial charge in [-0.25, -0.2) is 0 Å². The minimum atomic E-state index is -0.537. The van der Waals surface area contributed by atoms with Crippen molar-refractivity contribution in [1.82, 2.24) is 19.9 Å². The molecule has 10 aromatic rings. The first-order chi connectivity index (χ1) is 33.7. The van der Waals surface area contributed by atoms with Crippen LogP contribution in [0.4, 0.5) is 0 Å². The number of aromatic nitrogens is 4. The van der Waals surface area contributed by atoms with Gasteiger partial charge in [-0.15, -0.1) is 141 Å². The molecule has 4 N–H and O–H groups in total. The summed E-state index contributed by atoms with van der Waals surface area (Å²) in [7, 11) is 0. The fourth-order valence-electron chi connectivity index (χ4n) is 7.33. The average molecular weight is 1310 g/mol. The van der Waals surface area contributed by atoms with Crippen LogP contribution in [-0.4, -0.2) is 52.6 Å². The van der Waals surface area contributed by atoms with E-state index < -0.39 is 12.2 Å². The SMILES string of the molecule is CC(O)=CC(C)O.CC(O)=CC(C)O.Cc1cc2ccc[c-]c2c2ncccc12.Cc1cc2ccc[c-]c2c2ncccc12.Cc1ccc[c-]c1-c1ccccn1.Cc1ccc[c-]c1-c1ccccn1.[Ir].[Ir]. The average Bonchev–Trinajstić information content (AvgIpc) is 3.35. The van der Waals surface area contributed by atoms with Crippen molar-refractivity contribution in [3.05, 3.63) is 241 Å². The Morgan fingerprint density at radius 3 is 1.12 bits per heavy atom. The molecule has 0 bridgehead atoms. The van der Waals surface area contributed by atoms with E-state index in [1.807, 2.05) is 109 Å². The molecule has 4 heterocycles. The van der Waals surface area contributed by atoms with Gasteiger partial charge in [0.15, 0.2) is 0 Å². The van der Waals surface area contributed by atoms with Crippen LogP contribution >= 0.6 is 0 Å². The number of allylic oxidation sites excluding steroid dienone is 2. The number of aliphatic hydroxyl groups excluding tert-OH is 4. The minimum absolute atomic E-state index is 0. The largest absolute Gasteiger partial charge is 0.513 e. The number of aryl methyl sites for hydroxylation is 4. The maximum Gasteiger partial charge on any atom is 0.0877 e. The van der Waals surface area contributed by atoms with E-state index in [-0.39, 0.29) is 51.7 Å². The number of hydrogen-bond acceptors (Lipinski definition) is 8. The molecule has 0 amide bonds. The van der Waals surface area contributed by atoms with Crippen LogP contribution in [0.1, 0.15) is 49.9 Å². The molecule has 2 radical (unpaired) electrons. The predicted molar refractivity (Wildman–Crippen MR) is 288 cm³/mol. The molecule has 0 saturated carbocycles. The molecular formula is C62H60Ir2N4O4-4. The van der Waals surface area contributed by atoms with Crippen molar-refractivity contribution in [2.75, 3.05) is 0 Å². The van der Waals surface area contributed by atoms with Crippen LogP contribution in [0.2, 0.25) is 0 Å². The number of aliphatic hydroxyl groups is 4. The van der Waals surface area contributed by atoms with E-state index in [2.05, 4.69) is 120 Å². The Morgan fingerprint density at radius 1 is 0.444 bits per heavy atom.